The van der Waals surface area contributed by atoms with Gasteiger partial charge in [-0.1, -0.05) is 15.9 Å². The summed E-state index contributed by atoms with van der Waals surface area (Å²) in [5.41, 5.74) is 1.10. The van der Waals surface area contributed by atoms with Gasteiger partial charge in [-0.2, -0.15) is 0 Å². The number of nitrogens with one attached hydrogen (secondary N) is 1. The Bertz CT molecular complexity index is 580. The quantitative estimate of drug-likeness (QED) is 0.872. The first-order chi connectivity index (χ1) is 9.63. The number of hydrogen-bond acceptors (Lipinski definition) is 4. The van der Waals surface area contributed by atoms with Gasteiger partial charge in [0.1, 0.15) is 11.5 Å². The first-order valence-corrected chi connectivity index (χ1v) is 7.09. The van der Waals surface area contributed by atoms with Crippen LogP contribution in [0.5, 0.6) is 11.5 Å². The van der Waals surface area contributed by atoms with Crippen LogP contribution >= 0.6 is 15.9 Å². The molecule has 2 rings (SSSR count). The van der Waals surface area contributed by atoms with Gasteiger partial charge in [0.25, 0.3) is 0 Å². The van der Waals surface area contributed by atoms with Crippen molar-refractivity contribution in [2.45, 2.75) is 20.0 Å². The van der Waals surface area contributed by atoms with E-state index < -0.39 is 0 Å². The Hall–Kier alpha value is -1.46. The summed E-state index contributed by atoms with van der Waals surface area (Å²) in [5, 5.41) is 3.34. The predicted molar refractivity (Wildman–Crippen MR) is 81.2 cm³/mol. The minimum atomic E-state index is 0.689. The Morgan fingerprint density at radius 3 is 2.40 bits per heavy atom. The summed E-state index contributed by atoms with van der Waals surface area (Å²) in [6, 6.07) is 7.81. The number of aryl methyl sites for hydroxylation is 1. The van der Waals surface area contributed by atoms with Crippen LogP contribution in [0.25, 0.3) is 0 Å². The van der Waals surface area contributed by atoms with Crippen LogP contribution in [-0.4, -0.2) is 14.2 Å². The van der Waals surface area contributed by atoms with Crippen LogP contribution in [0, 0.1) is 6.92 Å². The highest BCUT2D eigenvalue weighted by Crippen LogP contribution is 2.33. The monoisotopic (exact) mass is 339 g/mol. The third kappa shape index (κ3) is 3.55. The molecule has 0 unspecified atom stereocenters. The standard InChI is InChI=1S/C15H18BrNO3/c1-10-4-5-12(20-10)9-17-8-11-6-14(18-2)15(19-3)7-13(11)16/h4-7,17H,8-9H2,1-3H3. The second-order valence-electron chi connectivity index (χ2n) is 4.41. The minimum Gasteiger partial charge on any atom is -0.493 e. The van der Waals surface area contributed by atoms with Crippen molar-refractivity contribution < 1.29 is 13.9 Å². The molecule has 0 amide bonds. The zero-order chi connectivity index (χ0) is 14.5. The molecule has 0 aliphatic heterocycles. The molecule has 0 saturated carbocycles. The predicted octanol–water partition coefficient (Wildman–Crippen LogP) is 3.66. The van der Waals surface area contributed by atoms with Gasteiger partial charge in [-0.25, -0.2) is 0 Å². The van der Waals surface area contributed by atoms with Crippen LogP contribution in [0.3, 0.4) is 0 Å². The van der Waals surface area contributed by atoms with Crippen LogP contribution in [-0.2, 0) is 13.1 Å². The summed E-state index contributed by atoms with van der Waals surface area (Å²) in [4.78, 5) is 0. The summed E-state index contributed by atoms with van der Waals surface area (Å²) in [6.07, 6.45) is 0. The van der Waals surface area contributed by atoms with E-state index in [9.17, 15) is 0 Å². The van der Waals surface area contributed by atoms with Crippen molar-refractivity contribution in [3.63, 3.8) is 0 Å². The summed E-state index contributed by atoms with van der Waals surface area (Å²) in [7, 11) is 3.26. The second kappa shape index (κ2) is 6.81. The van der Waals surface area contributed by atoms with E-state index >= 15 is 0 Å². The highest BCUT2D eigenvalue weighted by atomic mass is 79.9. The topological polar surface area (TPSA) is 43.6 Å². The lowest BCUT2D eigenvalue weighted by Gasteiger charge is -2.12. The van der Waals surface area contributed by atoms with E-state index in [1.165, 1.54) is 0 Å². The molecule has 1 N–H and O–H groups in total. The second-order valence-corrected chi connectivity index (χ2v) is 5.27. The largest absolute Gasteiger partial charge is 0.493 e. The van der Waals surface area contributed by atoms with Crippen molar-refractivity contribution in [1.82, 2.24) is 5.32 Å². The van der Waals surface area contributed by atoms with Crippen molar-refractivity contribution >= 4 is 15.9 Å². The molecule has 0 aliphatic rings. The van der Waals surface area contributed by atoms with E-state index in [2.05, 4.69) is 21.2 Å². The van der Waals surface area contributed by atoms with Gasteiger partial charge in [0.15, 0.2) is 11.5 Å². The first-order valence-electron chi connectivity index (χ1n) is 6.30. The van der Waals surface area contributed by atoms with Crippen LogP contribution < -0.4 is 14.8 Å². The van der Waals surface area contributed by atoms with Crippen LogP contribution in [0.1, 0.15) is 17.1 Å². The smallest absolute Gasteiger partial charge is 0.161 e. The number of benzene rings is 1. The Labute approximate surface area is 127 Å². The third-order valence-corrected chi connectivity index (χ3v) is 3.70. The fourth-order valence-corrected chi connectivity index (χ4v) is 2.39. The van der Waals surface area contributed by atoms with E-state index in [4.69, 9.17) is 13.9 Å². The Balaban J connectivity index is 2.02. The molecule has 0 saturated heterocycles. The summed E-state index contributed by atoms with van der Waals surface area (Å²) >= 11 is 3.54. The molecule has 1 heterocycles. The summed E-state index contributed by atoms with van der Waals surface area (Å²) in [5.74, 6) is 3.29. The molecule has 0 bridgehead atoms. The lowest BCUT2D eigenvalue weighted by Crippen LogP contribution is -2.12. The van der Waals surface area contributed by atoms with E-state index in [0.29, 0.717) is 18.8 Å². The van der Waals surface area contributed by atoms with Gasteiger partial charge in [0, 0.05) is 11.0 Å². The van der Waals surface area contributed by atoms with Gasteiger partial charge >= 0.3 is 0 Å². The number of hydrogen-bond donors (Lipinski definition) is 1. The Morgan fingerprint density at radius 2 is 1.80 bits per heavy atom. The normalized spacial score (nSPS) is 10.6. The molecule has 20 heavy (non-hydrogen) atoms. The van der Waals surface area contributed by atoms with E-state index in [1.54, 1.807) is 14.2 Å². The minimum absolute atomic E-state index is 0.689. The number of rotatable bonds is 6. The molecular formula is C15H18BrNO3. The van der Waals surface area contributed by atoms with Gasteiger partial charge < -0.3 is 19.2 Å². The van der Waals surface area contributed by atoms with Gasteiger partial charge in [0.05, 0.1) is 20.8 Å². The highest BCUT2D eigenvalue weighted by molar-refractivity contribution is 9.10. The maximum Gasteiger partial charge on any atom is 0.161 e. The fraction of sp³-hybridized carbons (Fsp3) is 0.333. The van der Waals surface area contributed by atoms with E-state index in [-0.39, 0.29) is 0 Å². The van der Waals surface area contributed by atoms with Crippen LogP contribution in [0.4, 0.5) is 0 Å². The maximum atomic E-state index is 5.51. The van der Waals surface area contributed by atoms with Gasteiger partial charge in [-0.05, 0) is 36.8 Å². The molecular weight excluding hydrogens is 322 g/mol. The van der Waals surface area contributed by atoms with Gasteiger partial charge in [-0.3, -0.25) is 0 Å². The van der Waals surface area contributed by atoms with Crippen molar-refractivity contribution in [1.29, 1.82) is 0 Å². The lowest BCUT2D eigenvalue weighted by atomic mass is 10.2. The molecule has 1 aromatic carbocycles. The number of ether oxygens (including phenoxy) is 2. The average Bonchev–Trinajstić information content (AvgIpc) is 2.85. The molecule has 108 valence electrons. The summed E-state index contributed by atoms with van der Waals surface area (Å²) < 4.78 is 17.1. The molecule has 0 atom stereocenters. The van der Waals surface area contributed by atoms with Crippen molar-refractivity contribution in [2.75, 3.05) is 14.2 Å². The SMILES string of the molecule is COc1cc(Br)c(CNCc2ccc(C)o2)cc1OC. The van der Waals surface area contributed by atoms with E-state index in [0.717, 1.165) is 27.3 Å². The number of furan rings is 1. The van der Waals surface area contributed by atoms with Crippen molar-refractivity contribution in [2.24, 2.45) is 0 Å². The molecule has 2 aromatic rings. The van der Waals surface area contributed by atoms with Crippen LogP contribution in [0.15, 0.2) is 33.2 Å². The fourth-order valence-electron chi connectivity index (χ4n) is 1.93. The lowest BCUT2D eigenvalue weighted by molar-refractivity contribution is 0.354. The molecule has 0 fully saturated rings. The zero-order valence-electron chi connectivity index (χ0n) is 11.8. The molecule has 1 aromatic heterocycles. The van der Waals surface area contributed by atoms with Crippen molar-refractivity contribution in [3.8, 4) is 11.5 Å². The highest BCUT2D eigenvalue weighted by Gasteiger charge is 2.09. The molecule has 4 nitrogen and oxygen atoms in total. The van der Waals surface area contributed by atoms with E-state index in [1.807, 2.05) is 31.2 Å². The van der Waals surface area contributed by atoms with Crippen molar-refractivity contribution in [3.05, 3.63) is 45.8 Å². The van der Waals surface area contributed by atoms with Crippen LogP contribution in [0.2, 0.25) is 0 Å². The Morgan fingerprint density at radius 1 is 1.10 bits per heavy atom. The van der Waals surface area contributed by atoms with Gasteiger partial charge in [-0.15, -0.1) is 0 Å². The average molecular weight is 340 g/mol. The van der Waals surface area contributed by atoms with Gasteiger partial charge in [0.2, 0.25) is 0 Å². The Kier molecular flexibility index (Phi) is 5.09. The molecule has 0 spiro atoms. The molecule has 0 aliphatic carbocycles. The molecule has 0 radical (unpaired) electrons. The third-order valence-electron chi connectivity index (χ3n) is 2.96. The number of halogens is 1. The maximum absolute atomic E-state index is 5.51. The number of methoxy groups -OCH3 is 2. The zero-order valence-corrected chi connectivity index (χ0v) is 13.4. The summed E-state index contributed by atoms with van der Waals surface area (Å²) in [6.45, 7) is 3.34. The first kappa shape index (κ1) is 14.9. The molecule has 5 heteroatoms.